The lowest BCUT2D eigenvalue weighted by atomic mass is 10.0. The maximum atomic E-state index is 10.7. The normalized spacial score (nSPS) is 10.4. The monoisotopic (exact) mass is 260 g/mol. The van der Waals surface area contributed by atoms with Crippen molar-refractivity contribution in [2.45, 2.75) is 12.8 Å². The number of carboxylic acids is 1. The average Bonchev–Trinajstić information content (AvgIpc) is 2.77. The molecule has 19 heavy (non-hydrogen) atoms. The first-order valence-electron chi connectivity index (χ1n) is 5.99. The van der Waals surface area contributed by atoms with Gasteiger partial charge in [0.25, 0.3) is 0 Å². The van der Waals surface area contributed by atoms with Crippen LogP contribution in [0.25, 0.3) is 11.3 Å². The van der Waals surface area contributed by atoms with Crippen molar-refractivity contribution < 1.29 is 14.6 Å². The maximum absolute atomic E-state index is 10.7. The number of benzene rings is 1. The van der Waals surface area contributed by atoms with E-state index in [-0.39, 0.29) is 6.42 Å². The van der Waals surface area contributed by atoms with Crippen molar-refractivity contribution in [3.8, 4) is 17.0 Å². The summed E-state index contributed by atoms with van der Waals surface area (Å²) in [5.74, 6) is -0.0483. The zero-order valence-electron chi connectivity index (χ0n) is 11.0. The average molecular weight is 260 g/mol. The van der Waals surface area contributed by atoms with Crippen LogP contribution in [-0.2, 0) is 18.3 Å². The number of ether oxygens (including phenoxy) is 1. The van der Waals surface area contributed by atoms with E-state index < -0.39 is 5.97 Å². The minimum atomic E-state index is -0.805. The van der Waals surface area contributed by atoms with Crippen molar-refractivity contribution in [3.63, 3.8) is 0 Å². The molecule has 0 saturated heterocycles. The third kappa shape index (κ3) is 3.13. The van der Waals surface area contributed by atoms with Crippen LogP contribution in [0.4, 0.5) is 0 Å². The number of nitrogens with zero attached hydrogens (tertiary/aromatic N) is 2. The highest BCUT2D eigenvalue weighted by molar-refractivity contribution is 5.69. The molecule has 0 fully saturated rings. The SMILES string of the molecule is COc1cccc(-c2nn(C)cc2CCC(=O)O)c1. The summed E-state index contributed by atoms with van der Waals surface area (Å²) in [7, 11) is 3.44. The van der Waals surface area contributed by atoms with Gasteiger partial charge in [0.05, 0.1) is 12.8 Å². The number of carbonyl (C=O) groups is 1. The highest BCUT2D eigenvalue weighted by Crippen LogP contribution is 2.26. The number of aryl methyl sites for hydroxylation is 2. The zero-order valence-corrected chi connectivity index (χ0v) is 11.0. The first kappa shape index (κ1) is 13.1. The Morgan fingerprint density at radius 3 is 2.95 bits per heavy atom. The minimum absolute atomic E-state index is 0.0999. The van der Waals surface area contributed by atoms with Crippen molar-refractivity contribution in [1.82, 2.24) is 9.78 Å². The Bertz CT molecular complexity index is 590. The Morgan fingerprint density at radius 1 is 1.47 bits per heavy atom. The minimum Gasteiger partial charge on any atom is -0.497 e. The van der Waals surface area contributed by atoms with Crippen LogP contribution in [-0.4, -0.2) is 28.0 Å². The zero-order chi connectivity index (χ0) is 13.8. The maximum Gasteiger partial charge on any atom is 0.303 e. The molecule has 0 bridgehead atoms. The Labute approximate surface area is 111 Å². The molecule has 0 aliphatic heterocycles. The van der Waals surface area contributed by atoms with Crippen molar-refractivity contribution >= 4 is 5.97 Å². The fourth-order valence-corrected chi connectivity index (χ4v) is 1.98. The van der Waals surface area contributed by atoms with Crippen LogP contribution in [0.15, 0.2) is 30.5 Å². The predicted octanol–water partition coefficient (Wildman–Crippen LogP) is 2.11. The van der Waals surface area contributed by atoms with Crippen LogP contribution in [0, 0.1) is 0 Å². The number of hydrogen-bond acceptors (Lipinski definition) is 3. The van der Waals surface area contributed by atoms with Gasteiger partial charge < -0.3 is 9.84 Å². The van der Waals surface area contributed by atoms with Crippen LogP contribution in [0.2, 0.25) is 0 Å². The molecule has 2 rings (SSSR count). The summed E-state index contributed by atoms with van der Waals surface area (Å²) in [4.78, 5) is 10.7. The fourth-order valence-electron chi connectivity index (χ4n) is 1.98. The lowest BCUT2D eigenvalue weighted by molar-refractivity contribution is -0.136. The Hall–Kier alpha value is -2.30. The van der Waals surface area contributed by atoms with E-state index >= 15 is 0 Å². The van der Waals surface area contributed by atoms with E-state index in [1.807, 2.05) is 37.5 Å². The number of carboxylic acid groups (broad SMARTS) is 1. The first-order valence-corrected chi connectivity index (χ1v) is 5.99. The van der Waals surface area contributed by atoms with E-state index in [9.17, 15) is 4.79 Å². The van der Waals surface area contributed by atoms with Gasteiger partial charge in [-0.3, -0.25) is 9.48 Å². The molecule has 0 saturated carbocycles. The van der Waals surface area contributed by atoms with Crippen LogP contribution < -0.4 is 4.74 Å². The molecular formula is C14H16N2O3. The van der Waals surface area contributed by atoms with Gasteiger partial charge in [-0.2, -0.15) is 5.10 Å². The first-order chi connectivity index (χ1) is 9.10. The molecule has 100 valence electrons. The van der Waals surface area contributed by atoms with E-state index in [2.05, 4.69) is 5.10 Å². The van der Waals surface area contributed by atoms with Gasteiger partial charge in [0.1, 0.15) is 5.75 Å². The summed E-state index contributed by atoms with van der Waals surface area (Å²) >= 11 is 0. The Kier molecular flexibility index (Phi) is 3.85. The van der Waals surface area contributed by atoms with Crippen LogP contribution in [0.1, 0.15) is 12.0 Å². The molecule has 0 atom stereocenters. The van der Waals surface area contributed by atoms with E-state index in [1.165, 1.54) is 0 Å². The van der Waals surface area contributed by atoms with Gasteiger partial charge in [-0.15, -0.1) is 0 Å². The molecule has 0 spiro atoms. The van der Waals surface area contributed by atoms with Gasteiger partial charge in [0.2, 0.25) is 0 Å². The predicted molar refractivity (Wildman–Crippen MR) is 71.2 cm³/mol. The summed E-state index contributed by atoms with van der Waals surface area (Å²) in [6.07, 6.45) is 2.43. The third-order valence-corrected chi connectivity index (χ3v) is 2.86. The number of methoxy groups -OCH3 is 1. The van der Waals surface area contributed by atoms with E-state index in [0.29, 0.717) is 6.42 Å². The molecular weight excluding hydrogens is 244 g/mol. The quantitative estimate of drug-likeness (QED) is 0.894. The number of hydrogen-bond donors (Lipinski definition) is 1. The highest BCUT2D eigenvalue weighted by atomic mass is 16.5. The second-order valence-electron chi connectivity index (χ2n) is 4.30. The second-order valence-corrected chi connectivity index (χ2v) is 4.30. The molecule has 1 aromatic carbocycles. The van der Waals surface area contributed by atoms with Gasteiger partial charge in [0.15, 0.2) is 0 Å². The largest absolute Gasteiger partial charge is 0.497 e. The molecule has 2 aromatic rings. The van der Waals surface area contributed by atoms with Crippen molar-refractivity contribution in [1.29, 1.82) is 0 Å². The van der Waals surface area contributed by atoms with E-state index in [4.69, 9.17) is 9.84 Å². The van der Waals surface area contributed by atoms with Gasteiger partial charge in [-0.05, 0) is 24.1 Å². The molecule has 5 heteroatoms. The summed E-state index contributed by atoms with van der Waals surface area (Å²) < 4.78 is 6.89. The summed E-state index contributed by atoms with van der Waals surface area (Å²) in [5.41, 5.74) is 2.67. The molecule has 0 aliphatic rings. The Balaban J connectivity index is 2.34. The van der Waals surface area contributed by atoms with Crippen LogP contribution >= 0.6 is 0 Å². The number of aromatic nitrogens is 2. The molecule has 5 nitrogen and oxygen atoms in total. The molecule has 0 aliphatic carbocycles. The topological polar surface area (TPSA) is 64.4 Å². The highest BCUT2D eigenvalue weighted by Gasteiger charge is 2.12. The second kappa shape index (κ2) is 5.56. The van der Waals surface area contributed by atoms with E-state index in [0.717, 1.165) is 22.6 Å². The van der Waals surface area contributed by atoms with Crippen molar-refractivity contribution in [2.24, 2.45) is 7.05 Å². The summed E-state index contributed by atoms with van der Waals surface area (Å²) in [5, 5.41) is 13.2. The summed E-state index contributed by atoms with van der Waals surface area (Å²) in [6, 6.07) is 7.59. The molecule has 1 heterocycles. The van der Waals surface area contributed by atoms with Gasteiger partial charge >= 0.3 is 5.97 Å². The molecule has 0 amide bonds. The Morgan fingerprint density at radius 2 is 2.26 bits per heavy atom. The smallest absolute Gasteiger partial charge is 0.303 e. The lowest BCUT2D eigenvalue weighted by Crippen LogP contribution is -1.97. The van der Waals surface area contributed by atoms with Crippen molar-refractivity contribution in [2.75, 3.05) is 7.11 Å². The lowest BCUT2D eigenvalue weighted by Gasteiger charge is -2.04. The van der Waals surface area contributed by atoms with E-state index in [1.54, 1.807) is 11.8 Å². The van der Waals surface area contributed by atoms with Crippen LogP contribution in [0.3, 0.4) is 0 Å². The summed E-state index contributed by atoms with van der Waals surface area (Å²) in [6.45, 7) is 0. The fraction of sp³-hybridized carbons (Fsp3) is 0.286. The van der Waals surface area contributed by atoms with Crippen LogP contribution in [0.5, 0.6) is 5.75 Å². The van der Waals surface area contributed by atoms with Gasteiger partial charge in [-0.1, -0.05) is 12.1 Å². The van der Waals surface area contributed by atoms with Gasteiger partial charge in [-0.25, -0.2) is 0 Å². The molecule has 0 unspecified atom stereocenters. The number of aliphatic carboxylic acids is 1. The standard InChI is InChI=1S/C14H16N2O3/c1-16-9-11(6-7-13(17)18)14(15-16)10-4-3-5-12(8-10)19-2/h3-5,8-9H,6-7H2,1-2H3,(H,17,18). The van der Waals surface area contributed by atoms with Crippen molar-refractivity contribution in [3.05, 3.63) is 36.0 Å². The third-order valence-electron chi connectivity index (χ3n) is 2.86. The van der Waals surface area contributed by atoms with Gasteiger partial charge in [0, 0.05) is 25.2 Å². The number of rotatable bonds is 5. The molecule has 1 N–H and O–H groups in total. The molecule has 1 aromatic heterocycles. The molecule has 0 radical (unpaired) electrons.